The second kappa shape index (κ2) is 154. The molecule has 0 aromatic heterocycles. The average molecular weight is 1790 g/mol. The molecule has 0 radical (unpaired) electrons. The number of carbonyl (C=O) groups is 5. The summed E-state index contributed by atoms with van der Waals surface area (Å²) in [5.74, 6) is -1.49. The molecule has 0 aliphatic rings. The normalized spacial score (nSPS) is 8.37. The van der Waals surface area contributed by atoms with E-state index < -0.39 is 0 Å². The second-order valence-electron chi connectivity index (χ2n) is 25.5. The number of benzene rings is 4. The first-order valence-electron chi connectivity index (χ1n) is 45.7. The van der Waals surface area contributed by atoms with Gasteiger partial charge in [-0.25, -0.2) is 24.0 Å². The number of likely N-dealkylation sites (N-methyl/N-ethyl adjacent to an activating group) is 5. The number of esters is 5. The molecule has 0 unspecified atom stereocenters. The third-order valence-electron chi connectivity index (χ3n) is 12.9. The van der Waals surface area contributed by atoms with Crippen LogP contribution in [-0.4, -0.2) is 272 Å². The summed E-state index contributed by atoms with van der Waals surface area (Å²) in [6.45, 7) is 96.9. The van der Waals surface area contributed by atoms with Crippen molar-refractivity contribution in [1.82, 2.24) is 4.90 Å². The first kappa shape index (κ1) is 171. The summed E-state index contributed by atoms with van der Waals surface area (Å²) in [5.41, 5.74) is 4.93. The summed E-state index contributed by atoms with van der Waals surface area (Å²) in [7, 11) is 33.7. The Morgan fingerprint density at radius 1 is 0.256 bits per heavy atom. The number of ether oxygens (including phenoxy) is 9. The topological polar surface area (TPSA) is 172 Å². The first-order chi connectivity index (χ1) is 59.0. The van der Waals surface area contributed by atoms with Crippen LogP contribution in [0.1, 0.15) is 240 Å². The minimum atomic E-state index is -0.313. The van der Waals surface area contributed by atoms with Gasteiger partial charge in [-0.3, -0.25) is 0 Å². The van der Waals surface area contributed by atoms with E-state index in [2.05, 4.69) is 174 Å². The summed E-state index contributed by atoms with van der Waals surface area (Å²) in [4.78, 5) is 56.7. The monoisotopic (exact) mass is 1790 g/mol. The van der Waals surface area contributed by atoms with Gasteiger partial charge >= 0.3 is 29.8 Å². The number of hydrogen-bond donors (Lipinski definition) is 0. The Bertz CT molecular complexity index is 2300. The molecule has 0 atom stereocenters. The van der Waals surface area contributed by atoms with Crippen LogP contribution in [0.4, 0.5) is 0 Å². The molecule has 0 bridgehead atoms. The summed E-state index contributed by atoms with van der Waals surface area (Å²) in [6, 6.07) is 44.5. The zero-order chi connectivity index (χ0) is 104. The van der Waals surface area contributed by atoms with Crippen molar-refractivity contribution in [1.29, 1.82) is 0 Å². The smallest absolute Gasteiger partial charge is 0.333 e. The van der Waals surface area contributed by atoms with Crippen molar-refractivity contribution in [3.63, 3.8) is 0 Å². The maximum atomic E-state index is 11.0. The van der Waals surface area contributed by atoms with E-state index in [1.807, 2.05) is 294 Å². The van der Waals surface area contributed by atoms with Crippen LogP contribution in [0, 0.1) is 13.8 Å². The van der Waals surface area contributed by atoms with Gasteiger partial charge in [0.2, 0.25) is 0 Å². The number of methoxy groups -OCH3 is 4. The van der Waals surface area contributed by atoms with E-state index in [0.717, 1.165) is 76.8 Å². The van der Waals surface area contributed by atoms with Crippen LogP contribution in [0.25, 0.3) is 0 Å². The summed E-state index contributed by atoms with van der Waals surface area (Å²) < 4.78 is 45.2. The molecular formula is C106H219N5O14+4. The highest BCUT2D eigenvalue weighted by molar-refractivity contribution is 5.88. The Kier molecular flexibility index (Phi) is 211. The number of quaternary nitrogens is 4. The average Bonchev–Trinajstić information content (AvgIpc) is 0.956. The lowest BCUT2D eigenvalue weighted by Gasteiger charge is -2.27. The van der Waals surface area contributed by atoms with Crippen molar-refractivity contribution in [2.75, 3.05) is 219 Å². The van der Waals surface area contributed by atoms with Crippen molar-refractivity contribution in [3.05, 3.63) is 205 Å². The molecule has 19 heteroatoms. The van der Waals surface area contributed by atoms with E-state index >= 15 is 0 Å². The van der Waals surface area contributed by atoms with Crippen molar-refractivity contribution in [3.8, 4) is 0 Å². The molecule has 0 fully saturated rings. The Morgan fingerprint density at radius 3 is 0.456 bits per heavy atom. The van der Waals surface area contributed by atoms with Crippen LogP contribution in [0.5, 0.6) is 0 Å². The highest BCUT2D eigenvalue weighted by atomic mass is 16.5. The Hall–Kier alpha value is -7.43. The van der Waals surface area contributed by atoms with E-state index in [1.54, 1.807) is 91.5 Å². The standard InChI is InChI=1S/4C10H20NO2.C8H15NO2.2C7H8.2C6H6.4C2H6O.12C2H6/c4*1-6-11(4,5)7-8-13-10(12)9(2)3;1-7(2)8(10)11-6-5-9(3)4;2*1-7-5-3-2-4-6-7;2*1-2-4-6-5-3-1;4*1-3-2;12*1-2/h4*2,6-8H2,1,3-5H3;1,5-6H2,2-4H3;2*2-6H,1H3;2*1-6H;4*1-2H3;12*1-2H3/q4*+1;;;;;;;;;;;;;;;;;;;;;. The third-order valence-corrected chi connectivity index (χ3v) is 12.9. The van der Waals surface area contributed by atoms with Crippen LogP contribution >= 0.6 is 0 Å². The largest absolute Gasteiger partial charge is 0.461 e. The van der Waals surface area contributed by atoms with Crippen LogP contribution in [0.2, 0.25) is 0 Å². The summed E-state index contributed by atoms with van der Waals surface area (Å²) >= 11 is 0. The van der Waals surface area contributed by atoms with Crippen LogP contribution in [0.3, 0.4) is 0 Å². The number of aryl methyl sites for hydroxylation is 2. The van der Waals surface area contributed by atoms with E-state index in [0.29, 0.717) is 60.9 Å². The molecule has 0 aliphatic carbocycles. The van der Waals surface area contributed by atoms with E-state index in [1.165, 1.54) is 11.1 Å². The van der Waals surface area contributed by atoms with E-state index in [9.17, 15) is 24.0 Å². The summed E-state index contributed by atoms with van der Waals surface area (Å²) in [6.07, 6.45) is 0. The van der Waals surface area contributed by atoms with Crippen molar-refractivity contribution in [2.24, 2.45) is 0 Å². The zero-order valence-corrected chi connectivity index (χ0v) is 93.1. The molecule has 748 valence electrons. The Labute approximate surface area is 782 Å². The van der Waals surface area contributed by atoms with Gasteiger partial charge in [0.1, 0.15) is 59.2 Å². The van der Waals surface area contributed by atoms with Crippen molar-refractivity contribution in [2.45, 2.75) is 242 Å². The molecular weight excluding hydrogens is 1570 g/mol. The van der Waals surface area contributed by atoms with Gasteiger partial charge in [0.25, 0.3) is 0 Å². The summed E-state index contributed by atoms with van der Waals surface area (Å²) in [5, 5.41) is 0. The fourth-order valence-electron chi connectivity index (χ4n) is 4.95. The minimum absolute atomic E-state index is 0.295. The molecule has 4 aromatic carbocycles. The predicted octanol–water partition coefficient (Wildman–Crippen LogP) is 26.2. The second-order valence-corrected chi connectivity index (χ2v) is 25.5. The molecule has 0 aliphatic heterocycles. The number of carbonyl (C=O) groups excluding carboxylic acids is 5. The van der Waals surface area contributed by atoms with Gasteiger partial charge in [-0.1, -0.05) is 344 Å². The van der Waals surface area contributed by atoms with Gasteiger partial charge in [0.15, 0.2) is 0 Å². The van der Waals surface area contributed by atoms with Crippen molar-refractivity contribution >= 4 is 29.8 Å². The Balaban J connectivity index is -0.0000000492. The van der Waals surface area contributed by atoms with Gasteiger partial charge in [0.05, 0.1) is 82.6 Å². The molecule has 0 saturated carbocycles. The van der Waals surface area contributed by atoms with Crippen LogP contribution < -0.4 is 0 Å². The van der Waals surface area contributed by atoms with Crippen molar-refractivity contribution < 1.29 is 84.5 Å². The predicted molar refractivity (Wildman–Crippen MR) is 561 cm³/mol. The molecule has 4 rings (SSSR count). The molecule has 4 aromatic rings. The lowest BCUT2D eigenvalue weighted by molar-refractivity contribution is -0.888. The molecule has 0 N–H and O–H groups in total. The minimum Gasteiger partial charge on any atom is -0.461 e. The SMILES string of the molecule is C=C(C)C(=O)OCCN(C)C.C=C(C)C(=O)OCC[N+](C)(C)CC.C=C(C)C(=O)OCC[N+](C)(C)CC.C=C(C)C(=O)OCC[N+](C)(C)CC.C=C(C)C(=O)OCC[N+](C)(C)CC.CC.CC.CC.CC.CC.CC.CC.CC.CC.CC.CC.CC.COC.COC.COC.COC.Cc1ccccc1.Cc1ccccc1.c1ccccc1.c1ccccc1. The maximum absolute atomic E-state index is 11.0. The number of nitrogens with zero attached hydrogens (tertiary/aromatic N) is 5. The molecule has 0 heterocycles. The molecule has 0 amide bonds. The van der Waals surface area contributed by atoms with E-state index in [4.69, 9.17) is 23.7 Å². The van der Waals surface area contributed by atoms with Gasteiger partial charge < -0.3 is 65.5 Å². The lowest BCUT2D eigenvalue weighted by atomic mass is 10.2. The van der Waals surface area contributed by atoms with Gasteiger partial charge in [-0.15, -0.1) is 0 Å². The van der Waals surface area contributed by atoms with Crippen LogP contribution in [0.15, 0.2) is 194 Å². The fourth-order valence-corrected chi connectivity index (χ4v) is 4.95. The molecule has 125 heavy (non-hydrogen) atoms. The van der Waals surface area contributed by atoms with Gasteiger partial charge in [-0.2, -0.15) is 0 Å². The Morgan fingerprint density at radius 2 is 0.368 bits per heavy atom. The quantitative estimate of drug-likeness (QED) is 0.0281. The maximum Gasteiger partial charge on any atom is 0.333 e. The highest BCUT2D eigenvalue weighted by Crippen LogP contribution is 2.02. The molecule has 0 spiro atoms. The molecule has 19 nitrogen and oxygen atoms in total. The van der Waals surface area contributed by atoms with Crippen LogP contribution in [-0.2, 0) is 66.6 Å². The van der Waals surface area contributed by atoms with Gasteiger partial charge in [-0.05, 0) is 90.3 Å². The van der Waals surface area contributed by atoms with E-state index in [-0.39, 0.29) is 29.8 Å². The highest BCUT2D eigenvalue weighted by Gasteiger charge is 2.16. The zero-order valence-electron chi connectivity index (χ0n) is 93.1. The third kappa shape index (κ3) is 204. The molecule has 0 saturated heterocycles. The number of rotatable bonds is 24. The fraction of sp³-hybridized carbons (Fsp3) is 0.632. The number of hydrogen-bond acceptors (Lipinski definition) is 15. The lowest BCUT2D eigenvalue weighted by Crippen LogP contribution is -2.42. The van der Waals surface area contributed by atoms with Gasteiger partial charge in [0, 0.05) is 91.3 Å². The first-order valence-corrected chi connectivity index (χ1v) is 45.7.